The van der Waals surface area contributed by atoms with Crippen molar-refractivity contribution in [1.82, 2.24) is 9.78 Å². The van der Waals surface area contributed by atoms with Crippen molar-refractivity contribution in [3.8, 4) is 0 Å². The lowest BCUT2D eigenvalue weighted by Gasteiger charge is -2.18. The zero-order valence-electron chi connectivity index (χ0n) is 12.3. The molecule has 0 saturated heterocycles. The molecule has 0 fully saturated rings. The molecule has 0 aliphatic carbocycles. The largest absolute Gasteiger partial charge is 0.395 e. The van der Waals surface area contributed by atoms with Crippen LogP contribution in [-0.4, -0.2) is 22.7 Å². The molecule has 0 bridgehead atoms. The smallest absolute Gasteiger partial charge is 0.278 e. The summed E-state index contributed by atoms with van der Waals surface area (Å²) in [5.74, 6) is -0.150. The monoisotopic (exact) mass is 272 g/mol. The topological polar surface area (TPSA) is 64.2 Å². The number of hydrogen-bond acceptors (Lipinski definition) is 3. The number of nitrogen functional groups attached to an aromatic ring is 1. The van der Waals surface area contributed by atoms with Gasteiger partial charge in [-0.1, -0.05) is 19.1 Å². The highest BCUT2D eigenvalue weighted by atomic mass is 16.2. The molecule has 1 aromatic heterocycles. The molecule has 20 heavy (non-hydrogen) atoms. The third-order valence-electron chi connectivity index (χ3n) is 3.39. The van der Waals surface area contributed by atoms with E-state index < -0.39 is 0 Å². The van der Waals surface area contributed by atoms with Crippen molar-refractivity contribution in [3.05, 3.63) is 41.2 Å². The molecule has 1 aromatic carbocycles. The summed E-state index contributed by atoms with van der Waals surface area (Å²) in [6.07, 6.45) is 0.709. The Balaban J connectivity index is 2.39. The number of anilines is 2. The molecule has 1 amide bonds. The lowest BCUT2D eigenvalue weighted by atomic mass is 10.2. The van der Waals surface area contributed by atoms with Crippen LogP contribution in [0.15, 0.2) is 24.3 Å². The Morgan fingerprint density at radius 3 is 2.70 bits per heavy atom. The molecule has 5 heteroatoms. The molecule has 0 unspecified atom stereocenters. The van der Waals surface area contributed by atoms with Crippen molar-refractivity contribution >= 4 is 17.3 Å². The Morgan fingerprint density at radius 2 is 2.15 bits per heavy atom. The fourth-order valence-electron chi connectivity index (χ4n) is 2.22. The molecule has 2 rings (SSSR count). The van der Waals surface area contributed by atoms with Crippen molar-refractivity contribution in [2.75, 3.05) is 17.7 Å². The number of carbonyl (C=O) groups excluding carboxylic acids is 1. The van der Waals surface area contributed by atoms with Crippen molar-refractivity contribution in [1.29, 1.82) is 0 Å². The maximum absolute atomic E-state index is 12.6. The molecule has 5 nitrogen and oxygen atoms in total. The molecule has 0 aliphatic rings. The molecule has 0 saturated carbocycles. The summed E-state index contributed by atoms with van der Waals surface area (Å²) in [4.78, 5) is 14.2. The number of nitrogens with two attached hydrogens (primary N) is 1. The maximum atomic E-state index is 12.6. The summed E-state index contributed by atoms with van der Waals surface area (Å²) in [7, 11) is 3.49. The van der Waals surface area contributed by atoms with Crippen LogP contribution in [0.25, 0.3) is 0 Å². The molecule has 0 atom stereocenters. The van der Waals surface area contributed by atoms with Gasteiger partial charge in [0.25, 0.3) is 5.91 Å². The lowest BCUT2D eigenvalue weighted by molar-refractivity contribution is 0.0985. The first kappa shape index (κ1) is 14.1. The van der Waals surface area contributed by atoms with Crippen LogP contribution in [0.1, 0.15) is 28.7 Å². The number of aromatic nitrogens is 2. The number of rotatable bonds is 3. The van der Waals surface area contributed by atoms with Crippen LogP contribution in [0.3, 0.4) is 0 Å². The van der Waals surface area contributed by atoms with E-state index in [1.165, 1.54) is 0 Å². The van der Waals surface area contributed by atoms with Crippen LogP contribution in [0.2, 0.25) is 0 Å². The minimum atomic E-state index is -0.150. The van der Waals surface area contributed by atoms with Gasteiger partial charge in [-0.3, -0.25) is 9.48 Å². The summed E-state index contributed by atoms with van der Waals surface area (Å²) in [6, 6.07) is 7.79. The van der Waals surface area contributed by atoms with Crippen molar-refractivity contribution < 1.29 is 4.79 Å². The number of carbonyl (C=O) groups is 1. The summed E-state index contributed by atoms with van der Waals surface area (Å²) in [6.45, 7) is 3.96. The zero-order valence-corrected chi connectivity index (χ0v) is 12.3. The first-order chi connectivity index (χ1) is 9.45. The average molecular weight is 272 g/mol. The molecular weight excluding hydrogens is 252 g/mol. The van der Waals surface area contributed by atoms with Gasteiger partial charge in [0.15, 0.2) is 0 Å². The van der Waals surface area contributed by atoms with E-state index in [9.17, 15) is 4.79 Å². The molecule has 106 valence electrons. The van der Waals surface area contributed by atoms with Gasteiger partial charge >= 0.3 is 0 Å². The number of benzene rings is 1. The van der Waals surface area contributed by atoms with E-state index in [1.54, 1.807) is 23.7 Å². The van der Waals surface area contributed by atoms with E-state index in [0.29, 0.717) is 17.8 Å². The lowest BCUT2D eigenvalue weighted by Crippen LogP contribution is -2.29. The van der Waals surface area contributed by atoms with Gasteiger partial charge in [-0.25, -0.2) is 0 Å². The minimum Gasteiger partial charge on any atom is -0.395 e. The molecule has 0 radical (unpaired) electrons. The Bertz CT molecular complexity index is 645. The van der Waals surface area contributed by atoms with Crippen molar-refractivity contribution in [3.63, 3.8) is 0 Å². The summed E-state index contributed by atoms with van der Waals surface area (Å²) in [5, 5.41) is 4.29. The van der Waals surface area contributed by atoms with E-state index in [0.717, 1.165) is 16.9 Å². The van der Waals surface area contributed by atoms with Gasteiger partial charge in [0.05, 0.1) is 11.4 Å². The van der Waals surface area contributed by atoms with Gasteiger partial charge in [0, 0.05) is 19.8 Å². The van der Waals surface area contributed by atoms with Gasteiger partial charge in [0.1, 0.15) is 5.69 Å². The SMILES string of the molecule is CCc1nn(C)c(C(=O)N(C)c2cccc(C)c2)c1N. The fourth-order valence-corrected chi connectivity index (χ4v) is 2.22. The average Bonchev–Trinajstić information content (AvgIpc) is 2.71. The summed E-state index contributed by atoms with van der Waals surface area (Å²) < 4.78 is 1.56. The Morgan fingerprint density at radius 1 is 1.45 bits per heavy atom. The van der Waals surface area contributed by atoms with Crippen LogP contribution in [-0.2, 0) is 13.5 Å². The van der Waals surface area contributed by atoms with E-state index >= 15 is 0 Å². The first-order valence-corrected chi connectivity index (χ1v) is 6.61. The summed E-state index contributed by atoms with van der Waals surface area (Å²) in [5.41, 5.74) is 9.64. The normalized spacial score (nSPS) is 10.6. The summed E-state index contributed by atoms with van der Waals surface area (Å²) >= 11 is 0. The minimum absolute atomic E-state index is 0.150. The van der Waals surface area contributed by atoms with Crippen LogP contribution < -0.4 is 10.6 Å². The fraction of sp³-hybridized carbons (Fsp3) is 0.333. The van der Waals surface area contributed by atoms with Gasteiger partial charge < -0.3 is 10.6 Å². The number of aryl methyl sites for hydroxylation is 3. The second kappa shape index (κ2) is 5.36. The molecule has 2 aromatic rings. The van der Waals surface area contributed by atoms with E-state index in [4.69, 9.17) is 5.73 Å². The third-order valence-corrected chi connectivity index (χ3v) is 3.39. The van der Waals surface area contributed by atoms with Crippen LogP contribution in [0, 0.1) is 6.92 Å². The Kier molecular flexibility index (Phi) is 3.79. The van der Waals surface area contributed by atoms with Crippen molar-refractivity contribution in [2.45, 2.75) is 20.3 Å². The van der Waals surface area contributed by atoms with E-state index in [2.05, 4.69) is 5.10 Å². The van der Waals surface area contributed by atoms with Crippen molar-refractivity contribution in [2.24, 2.45) is 7.05 Å². The zero-order chi connectivity index (χ0) is 14.9. The highest BCUT2D eigenvalue weighted by molar-refractivity contribution is 6.08. The molecule has 1 heterocycles. The molecule has 2 N–H and O–H groups in total. The maximum Gasteiger partial charge on any atom is 0.278 e. The number of amides is 1. The predicted octanol–water partition coefficient (Wildman–Crippen LogP) is 2.15. The Hall–Kier alpha value is -2.30. The second-order valence-corrected chi connectivity index (χ2v) is 4.89. The van der Waals surface area contributed by atoms with Gasteiger partial charge in [-0.15, -0.1) is 0 Å². The van der Waals surface area contributed by atoms with Gasteiger partial charge in [-0.2, -0.15) is 5.10 Å². The first-order valence-electron chi connectivity index (χ1n) is 6.61. The molecule has 0 aliphatic heterocycles. The Labute approximate surface area is 119 Å². The van der Waals surface area contributed by atoms with Gasteiger partial charge in [-0.05, 0) is 31.0 Å². The number of nitrogens with zero attached hydrogens (tertiary/aromatic N) is 3. The van der Waals surface area contributed by atoms with Crippen LogP contribution in [0.5, 0.6) is 0 Å². The quantitative estimate of drug-likeness (QED) is 0.931. The van der Waals surface area contributed by atoms with Gasteiger partial charge in [0.2, 0.25) is 0 Å². The molecular formula is C15H20N4O. The second-order valence-electron chi connectivity index (χ2n) is 4.89. The number of hydrogen-bond donors (Lipinski definition) is 1. The van der Waals surface area contributed by atoms with E-state index in [-0.39, 0.29) is 5.91 Å². The standard InChI is InChI=1S/C15H20N4O/c1-5-12-13(16)14(19(4)17-12)15(20)18(3)11-8-6-7-10(2)9-11/h6-9H,5,16H2,1-4H3. The highest BCUT2D eigenvalue weighted by Gasteiger charge is 2.23. The van der Waals surface area contributed by atoms with Crippen LogP contribution in [0.4, 0.5) is 11.4 Å². The highest BCUT2D eigenvalue weighted by Crippen LogP contribution is 2.22. The van der Waals surface area contributed by atoms with Crippen LogP contribution >= 0.6 is 0 Å². The predicted molar refractivity (Wildman–Crippen MR) is 80.9 cm³/mol. The molecule has 0 spiro atoms. The third kappa shape index (κ3) is 2.39. The van der Waals surface area contributed by atoms with E-state index in [1.807, 2.05) is 38.1 Å².